The number of hydrogen-bond acceptors (Lipinski definition) is 3. The van der Waals surface area contributed by atoms with E-state index in [0.717, 1.165) is 30.0 Å². The summed E-state index contributed by atoms with van der Waals surface area (Å²) in [6.07, 6.45) is 6.57. The molecule has 0 amide bonds. The normalized spacial score (nSPS) is 12.6. The quantitative estimate of drug-likeness (QED) is 0.829. The fourth-order valence-electron chi connectivity index (χ4n) is 1.54. The molecule has 2 heterocycles. The van der Waals surface area contributed by atoms with Crippen molar-refractivity contribution < 1.29 is 0 Å². The lowest BCUT2D eigenvalue weighted by molar-refractivity contribution is 0.525. The largest absolute Gasteiger partial charge is 0.341 e. The van der Waals surface area contributed by atoms with Gasteiger partial charge < -0.3 is 10.3 Å². The van der Waals surface area contributed by atoms with Gasteiger partial charge in [-0.05, 0) is 25.5 Å². The summed E-state index contributed by atoms with van der Waals surface area (Å²) in [4.78, 5) is 11.7. The Hall–Kier alpha value is -1.68. The van der Waals surface area contributed by atoms with Gasteiger partial charge in [0.15, 0.2) is 0 Å². The molecule has 0 aliphatic heterocycles. The summed E-state index contributed by atoms with van der Waals surface area (Å²) in [6.45, 7) is 5.11. The summed E-state index contributed by atoms with van der Waals surface area (Å²) in [6, 6.07) is 4.46. The van der Waals surface area contributed by atoms with E-state index in [0.29, 0.717) is 6.04 Å². The molecular weight excluding hydrogens is 212 g/mol. The number of pyridine rings is 1. The van der Waals surface area contributed by atoms with Crippen molar-refractivity contribution in [1.82, 2.24) is 20.3 Å². The predicted molar refractivity (Wildman–Crippen MR) is 68.4 cm³/mol. The maximum absolute atomic E-state index is 4.35. The number of nitrogens with one attached hydrogen (secondary N) is 2. The van der Waals surface area contributed by atoms with Crippen molar-refractivity contribution in [2.45, 2.75) is 32.9 Å². The van der Waals surface area contributed by atoms with Crippen LogP contribution in [0.25, 0.3) is 11.3 Å². The van der Waals surface area contributed by atoms with Crippen LogP contribution < -0.4 is 5.32 Å². The van der Waals surface area contributed by atoms with Crippen molar-refractivity contribution >= 4 is 0 Å². The Morgan fingerprint density at radius 1 is 1.41 bits per heavy atom. The first-order chi connectivity index (χ1) is 8.29. The van der Waals surface area contributed by atoms with Crippen LogP contribution in [0.1, 0.15) is 26.1 Å². The van der Waals surface area contributed by atoms with Crippen LogP contribution in [-0.2, 0) is 6.54 Å². The molecule has 17 heavy (non-hydrogen) atoms. The van der Waals surface area contributed by atoms with Gasteiger partial charge in [0.05, 0.1) is 18.4 Å². The molecular formula is C13H18N4. The fraction of sp³-hybridized carbons (Fsp3) is 0.385. The molecule has 0 saturated carbocycles. The lowest BCUT2D eigenvalue weighted by Gasteiger charge is -2.08. The molecule has 0 saturated heterocycles. The van der Waals surface area contributed by atoms with E-state index in [1.54, 1.807) is 6.20 Å². The van der Waals surface area contributed by atoms with E-state index in [1.807, 2.05) is 24.5 Å². The van der Waals surface area contributed by atoms with Gasteiger partial charge in [-0.3, -0.25) is 4.98 Å². The van der Waals surface area contributed by atoms with E-state index in [1.165, 1.54) is 0 Å². The van der Waals surface area contributed by atoms with Gasteiger partial charge >= 0.3 is 0 Å². The molecule has 2 rings (SSSR count). The van der Waals surface area contributed by atoms with Crippen molar-refractivity contribution in [2.75, 3.05) is 0 Å². The Morgan fingerprint density at radius 3 is 3.00 bits per heavy atom. The minimum atomic E-state index is 0.516. The number of aromatic nitrogens is 3. The molecule has 0 aliphatic carbocycles. The number of hydrogen-bond donors (Lipinski definition) is 2. The van der Waals surface area contributed by atoms with Crippen LogP contribution in [0.5, 0.6) is 0 Å². The zero-order valence-electron chi connectivity index (χ0n) is 10.3. The molecule has 90 valence electrons. The summed E-state index contributed by atoms with van der Waals surface area (Å²) in [5.41, 5.74) is 2.08. The second kappa shape index (κ2) is 5.59. The van der Waals surface area contributed by atoms with Gasteiger partial charge in [0, 0.05) is 24.0 Å². The number of nitrogens with zero attached hydrogens (tertiary/aromatic N) is 2. The Bertz CT molecular complexity index is 449. The van der Waals surface area contributed by atoms with Crippen LogP contribution in [-0.4, -0.2) is 21.0 Å². The molecule has 4 heteroatoms. The summed E-state index contributed by atoms with van der Waals surface area (Å²) in [5.74, 6) is 0.962. The lowest BCUT2D eigenvalue weighted by atomic mass is 10.2. The second-order valence-electron chi connectivity index (χ2n) is 4.18. The van der Waals surface area contributed by atoms with E-state index < -0.39 is 0 Å². The van der Waals surface area contributed by atoms with Crippen molar-refractivity contribution in [1.29, 1.82) is 0 Å². The third-order valence-corrected chi connectivity index (χ3v) is 2.83. The molecule has 2 aromatic rings. The summed E-state index contributed by atoms with van der Waals surface area (Å²) < 4.78 is 0. The molecule has 2 N–H and O–H groups in total. The van der Waals surface area contributed by atoms with Crippen LogP contribution in [0.15, 0.2) is 30.7 Å². The molecule has 2 aromatic heterocycles. The van der Waals surface area contributed by atoms with E-state index in [4.69, 9.17) is 0 Å². The molecule has 1 unspecified atom stereocenters. The molecule has 4 nitrogen and oxygen atoms in total. The third kappa shape index (κ3) is 3.14. The van der Waals surface area contributed by atoms with Gasteiger partial charge in [0.1, 0.15) is 5.82 Å². The summed E-state index contributed by atoms with van der Waals surface area (Å²) >= 11 is 0. The highest BCUT2D eigenvalue weighted by Crippen LogP contribution is 2.14. The Labute approximate surface area is 102 Å². The average Bonchev–Trinajstić information content (AvgIpc) is 2.86. The van der Waals surface area contributed by atoms with E-state index in [9.17, 15) is 0 Å². The number of rotatable bonds is 5. The minimum absolute atomic E-state index is 0.516. The molecule has 0 aromatic carbocycles. The van der Waals surface area contributed by atoms with Crippen LogP contribution in [0, 0.1) is 0 Å². The van der Waals surface area contributed by atoms with Crippen molar-refractivity contribution in [3.05, 3.63) is 36.5 Å². The van der Waals surface area contributed by atoms with Crippen LogP contribution in [0.3, 0.4) is 0 Å². The SMILES string of the molecule is CCC(C)NCc1ncc(-c2cccnc2)[nH]1. The highest BCUT2D eigenvalue weighted by atomic mass is 15.0. The Balaban J connectivity index is 2.01. The zero-order chi connectivity index (χ0) is 12.1. The van der Waals surface area contributed by atoms with Gasteiger partial charge in [0.2, 0.25) is 0 Å². The van der Waals surface area contributed by atoms with Gasteiger partial charge in [-0.25, -0.2) is 4.98 Å². The third-order valence-electron chi connectivity index (χ3n) is 2.83. The van der Waals surface area contributed by atoms with E-state index in [2.05, 4.69) is 34.1 Å². The maximum Gasteiger partial charge on any atom is 0.120 e. The zero-order valence-corrected chi connectivity index (χ0v) is 10.3. The van der Waals surface area contributed by atoms with Crippen molar-refractivity contribution in [3.8, 4) is 11.3 Å². The minimum Gasteiger partial charge on any atom is -0.341 e. The first kappa shape index (κ1) is 11.8. The van der Waals surface area contributed by atoms with Crippen LogP contribution >= 0.6 is 0 Å². The number of H-pyrrole nitrogens is 1. The molecule has 0 bridgehead atoms. The maximum atomic E-state index is 4.35. The fourth-order valence-corrected chi connectivity index (χ4v) is 1.54. The number of imidazole rings is 1. The van der Waals surface area contributed by atoms with Crippen LogP contribution in [0.4, 0.5) is 0 Å². The first-order valence-corrected chi connectivity index (χ1v) is 5.97. The summed E-state index contributed by atoms with van der Waals surface area (Å²) in [7, 11) is 0. The second-order valence-corrected chi connectivity index (χ2v) is 4.18. The predicted octanol–water partition coefficient (Wildman–Crippen LogP) is 2.36. The molecule has 0 fully saturated rings. The molecule has 1 atom stereocenters. The van der Waals surface area contributed by atoms with Gasteiger partial charge in [-0.2, -0.15) is 0 Å². The highest BCUT2D eigenvalue weighted by molar-refractivity contribution is 5.56. The topological polar surface area (TPSA) is 53.6 Å². The smallest absolute Gasteiger partial charge is 0.120 e. The van der Waals surface area contributed by atoms with Gasteiger partial charge in [0.25, 0.3) is 0 Å². The van der Waals surface area contributed by atoms with Crippen molar-refractivity contribution in [2.24, 2.45) is 0 Å². The average molecular weight is 230 g/mol. The monoisotopic (exact) mass is 230 g/mol. The lowest BCUT2D eigenvalue weighted by Crippen LogP contribution is -2.24. The highest BCUT2D eigenvalue weighted by Gasteiger charge is 2.04. The standard InChI is InChI=1S/C13H18N4/c1-3-10(2)15-9-13-16-8-12(17-13)11-5-4-6-14-7-11/h4-8,10,15H,3,9H2,1-2H3,(H,16,17). The molecule has 0 radical (unpaired) electrons. The Morgan fingerprint density at radius 2 is 2.29 bits per heavy atom. The molecule has 0 aliphatic rings. The Kier molecular flexibility index (Phi) is 3.88. The van der Waals surface area contributed by atoms with Crippen molar-refractivity contribution in [3.63, 3.8) is 0 Å². The van der Waals surface area contributed by atoms with E-state index >= 15 is 0 Å². The van der Waals surface area contributed by atoms with Crippen LogP contribution in [0.2, 0.25) is 0 Å². The van der Waals surface area contributed by atoms with Gasteiger partial charge in [-0.15, -0.1) is 0 Å². The summed E-state index contributed by atoms with van der Waals surface area (Å²) in [5, 5.41) is 3.40. The number of aromatic amines is 1. The van der Waals surface area contributed by atoms with Gasteiger partial charge in [-0.1, -0.05) is 6.92 Å². The van der Waals surface area contributed by atoms with E-state index in [-0.39, 0.29) is 0 Å². The first-order valence-electron chi connectivity index (χ1n) is 5.97. The molecule has 0 spiro atoms.